The Morgan fingerprint density at radius 3 is 2.31 bits per heavy atom. The molecule has 0 aliphatic rings. The molecule has 0 atom stereocenters. The van der Waals surface area contributed by atoms with Crippen molar-refractivity contribution in [3.05, 3.63) is 52.0 Å². The number of amides is 1. The number of guanidine groups is 1. The molecule has 26 heavy (non-hydrogen) atoms. The van der Waals surface area contributed by atoms with Crippen LogP contribution in [0.1, 0.15) is 10.4 Å². The highest BCUT2D eigenvalue weighted by atomic mass is 35.5. The summed E-state index contributed by atoms with van der Waals surface area (Å²) in [6.07, 6.45) is 1.04. The minimum Gasteiger partial charge on any atom is -0.370 e. The standard InChI is InChI=1S/C15H13Cl2N3O3S2.ClH/c1-25(22,23)13-6-8(14(21)20-15(18)19)2-5-11(13)24-12-7-9(16)3-4-10(12)17;/h2-7H,1H3,(H4,18,19,20,21);1H. The Hall–Kier alpha value is -1.45. The number of nitrogens with two attached hydrogens (primary N) is 2. The van der Waals surface area contributed by atoms with Gasteiger partial charge in [-0.25, -0.2) is 8.42 Å². The van der Waals surface area contributed by atoms with Crippen LogP contribution in [0.15, 0.2) is 56.1 Å². The number of nitrogens with zero attached hydrogens (tertiary/aromatic N) is 1. The van der Waals surface area contributed by atoms with Crippen LogP contribution in [-0.4, -0.2) is 26.5 Å². The van der Waals surface area contributed by atoms with Crippen molar-refractivity contribution in [2.24, 2.45) is 16.5 Å². The second-order valence-electron chi connectivity index (χ2n) is 4.95. The molecule has 4 N–H and O–H groups in total. The monoisotopic (exact) mass is 453 g/mol. The number of hydrogen-bond donors (Lipinski definition) is 2. The van der Waals surface area contributed by atoms with E-state index in [9.17, 15) is 13.2 Å². The normalized spacial score (nSPS) is 10.7. The number of halogens is 3. The number of sulfone groups is 1. The molecular formula is C15H14Cl3N3O3S2. The lowest BCUT2D eigenvalue weighted by Crippen LogP contribution is -2.24. The number of carbonyl (C=O) groups excluding carboxylic acids is 1. The molecule has 2 aromatic carbocycles. The maximum atomic E-state index is 12.1. The third kappa shape index (κ3) is 5.78. The van der Waals surface area contributed by atoms with Gasteiger partial charge in [0.1, 0.15) is 0 Å². The van der Waals surface area contributed by atoms with Gasteiger partial charge in [-0.2, -0.15) is 4.99 Å². The molecule has 6 nitrogen and oxygen atoms in total. The first-order valence-electron chi connectivity index (χ1n) is 6.69. The number of rotatable bonds is 4. The van der Waals surface area contributed by atoms with Crippen LogP contribution in [-0.2, 0) is 9.84 Å². The summed E-state index contributed by atoms with van der Waals surface area (Å²) >= 11 is 13.2. The fourth-order valence-corrected chi connectivity index (χ4v) is 4.58. The number of hydrogen-bond acceptors (Lipinski definition) is 4. The molecular weight excluding hydrogens is 441 g/mol. The third-order valence-corrected chi connectivity index (χ3v) is 6.01. The molecule has 0 fully saturated rings. The van der Waals surface area contributed by atoms with E-state index in [1.54, 1.807) is 18.2 Å². The molecule has 0 bridgehead atoms. The highest BCUT2D eigenvalue weighted by Crippen LogP contribution is 2.38. The molecule has 11 heteroatoms. The van der Waals surface area contributed by atoms with Crippen LogP contribution in [0.3, 0.4) is 0 Å². The first kappa shape index (κ1) is 22.6. The van der Waals surface area contributed by atoms with Crippen LogP contribution in [0.2, 0.25) is 10.0 Å². The Balaban J connectivity index is 0.00000338. The van der Waals surface area contributed by atoms with E-state index < -0.39 is 21.7 Å². The zero-order chi connectivity index (χ0) is 18.8. The van der Waals surface area contributed by atoms with Gasteiger partial charge in [0.2, 0.25) is 0 Å². The summed E-state index contributed by atoms with van der Waals surface area (Å²) in [4.78, 5) is 16.3. The predicted octanol–water partition coefficient (Wildman–Crippen LogP) is 3.38. The Morgan fingerprint density at radius 2 is 1.73 bits per heavy atom. The van der Waals surface area contributed by atoms with E-state index in [1.165, 1.54) is 18.2 Å². The minimum atomic E-state index is -3.62. The van der Waals surface area contributed by atoms with Crippen molar-refractivity contribution in [3.63, 3.8) is 0 Å². The first-order chi connectivity index (χ1) is 11.6. The lowest BCUT2D eigenvalue weighted by atomic mass is 10.2. The SMILES string of the molecule is CS(=O)(=O)c1cc(C(=O)N=C(N)N)ccc1Sc1cc(Cl)ccc1Cl.Cl. The van der Waals surface area contributed by atoms with Gasteiger partial charge in [0.05, 0.1) is 9.92 Å². The number of carbonyl (C=O) groups is 1. The van der Waals surface area contributed by atoms with Crippen molar-refractivity contribution in [2.45, 2.75) is 14.7 Å². The van der Waals surface area contributed by atoms with Crippen LogP contribution < -0.4 is 11.5 Å². The van der Waals surface area contributed by atoms with E-state index in [0.717, 1.165) is 18.0 Å². The maximum absolute atomic E-state index is 12.1. The molecule has 0 saturated heterocycles. The van der Waals surface area contributed by atoms with E-state index >= 15 is 0 Å². The van der Waals surface area contributed by atoms with Gasteiger partial charge in [-0.05, 0) is 36.4 Å². The Bertz CT molecular complexity index is 975. The Morgan fingerprint density at radius 1 is 1.08 bits per heavy atom. The molecule has 0 aromatic heterocycles. The van der Waals surface area contributed by atoms with E-state index in [-0.39, 0.29) is 22.9 Å². The van der Waals surface area contributed by atoms with Crippen LogP contribution in [0.4, 0.5) is 0 Å². The van der Waals surface area contributed by atoms with E-state index in [1.807, 2.05) is 0 Å². The Kier molecular flexibility index (Phi) is 7.79. The molecule has 2 aromatic rings. The summed E-state index contributed by atoms with van der Waals surface area (Å²) < 4.78 is 24.2. The molecule has 0 unspecified atom stereocenters. The Labute approximate surface area is 171 Å². The predicted molar refractivity (Wildman–Crippen MR) is 108 cm³/mol. The summed E-state index contributed by atoms with van der Waals surface area (Å²) in [7, 11) is -3.62. The highest BCUT2D eigenvalue weighted by Gasteiger charge is 2.18. The maximum Gasteiger partial charge on any atom is 0.280 e. The van der Waals surface area contributed by atoms with E-state index in [0.29, 0.717) is 19.8 Å². The third-order valence-electron chi connectivity index (χ3n) is 2.93. The lowest BCUT2D eigenvalue weighted by molar-refractivity contribution is 0.100. The van der Waals surface area contributed by atoms with Gasteiger partial charge >= 0.3 is 0 Å². The second-order valence-corrected chi connectivity index (χ2v) is 8.86. The number of benzene rings is 2. The van der Waals surface area contributed by atoms with Crippen molar-refractivity contribution in [3.8, 4) is 0 Å². The average molecular weight is 455 g/mol. The summed E-state index contributed by atoms with van der Waals surface area (Å²) in [5, 5.41) is 0.891. The largest absolute Gasteiger partial charge is 0.370 e. The molecule has 0 aliphatic carbocycles. The molecule has 0 saturated carbocycles. The lowest BCUT2D eigenvalue weighted by Gasteiger charge is -2.10. The molecule has 0 aliphatic heterocycles. The highest BCUT2D eigenvalue weighted by molar-refractivity contribution is 8.00. The zero-order valence-electron chi connectivity index (χ0n) is 13.3. The molecule has 0 radical (unpaired) electrons. The van der Waals surface area contributed by atoms with Gasteiger partial charge in [0, 0.05) is 26.6 Å². The molecule has 1 amide bonds. The van der Waals surface area contributed by atoms with Gasteiger partial charge in [-0.3, -0.25) is 4.79 Å². The van der Waals surface area contributed by atoms with Crippen molar-refractivity contribution >= 4 is 69.1 Å². The second kappa shape index (κ2) is 8.96. The quantitative estimate of drug-likeness (QED) is 0.540. The van der Waals surface area contributed by atoms with Crippen molar-refractivity contribution in [1.82, 2.24) is 0 Å². The fourth-order valence-electron chi connectivity index (χ4n) is 1.87. The minimum absolute atomic E-state index is 0. The molecule has 0 heterocycles. The van der Waals surface area contributed by atoms with Crippen LogP contribution in [0.25, 0.3) is 0 Å². The molecule has 0 spiro atoms. The zero-order valence-corrected chi connectivity index (χ0v) is 17.2. The van der Waals surface area contributed by atoms with Crippen molar-refractivity contribution in [2.75, 3.05) is 6.26 Å². The molecule has 2 rings (SSSR count). The van der Waals surface area contributed by atoms with Crippen LogP contribution in [0.5, 0.6) is 0 Å². The van der Waals surface area contributed by atoms with Crippen LogP contribution in [0, 0.1) is 0 Å². The average Bonchev–Trinajstić information content (AvgIpc) is 2.49. The summed E-state index contributed by atoms with van der Waals surface area (Å²) in [6, 6.07) is 9.02. The van der Waals surface area contributed by atoms with Gasteiger partial charge in [-0.1, -0.05) is 35.0 Å². The smallest absolute Gasteiger partial charge is 0.280 e. The number of aliphatic imine (C=N–C) groups is 1. The summed E-state index contributed by atoms with van der Waals surface area (Å²) in [5.41, 5.74) is 10.4. The van der Waals surface area contributed by atoms with Crippen LogP contribution >= 0.6 is 47.4 Å². The van der Waals surface area contributed by atoms with Crippen molar-refractivity contribution < 1.29 is 13.2 Å². The van der Waals surface area contributed by atoms with Gasteiger partial charge in [0.15, 0.2) is 15.8 Å². The fraction of sp³-hybridized carbons (Fsp3) is 0.0667. The summed E-state index contributed by atoms with van der Waals surface area (Å²) in [6.45, 7) is 0. The van der Waals surface area contributed by atoms with Gasteiger partial charge in [0.25, 0.3) is 5.91 Å². The van der Waals surface area contributed by atoms with E-state index in [4.69, 9.17) is 34.7 Å². The van der Waals surface area contributed by atoms with Gasteiger partial charge < -0.3 is 11.5 Å². The topological polar surface area (TPSA) is 116 Å². The summed E-state index contributed by atoms with van der Waals surface area (Å²) in [5.74, 6) is -1.14. The van der Waals surface area contributed by atoms with Gasteiger partial charge in [-0.15, -0.1) is 12.4 Å². The first-order valence-corrected chi connectivity index (χ1v) is 10.2. The van der Waals surface area contributed by atoms with E-state index in [2.05, 4.69) is 4.99 Å². The van der Waals surface area contributed by atoms with Crippen molar-refractivity contribution in [1.29, 1.82) is 0 Å². The molecule has 140 valence electrons.